The molecule has 3 atom stereocenters. The average molecular weight is 347 g/mol. The van der Waals surface area contributed by atoms with Gasteiger partial charge in [-0.25, -0.2) is 0 Å². The van der Waals surface area contributed by atoms with E-state index in [1.165, 1.54) is 0 Å². The van der Waals surface area contributed by atoms with Gasteiger partial charge in [0.05, 0.1) is 19.1 Å². The lowest BCUT2D eigenvalue weighted by atomic mass is 9.79. The molecule has 2 aromatic carbocycles. The molecule has 3 rings (SSSR count). The highest BCUT2D eigenvalue weighted by molar-refractivity contribution is 6.05. The number of rotatable bonds is 6. The normalized spacial score (nSPS) is 19.9. The van der Waals surface area contributed by atoms with Crippen LogP contribution in [0.25, 0.3) is 5.57 Å². The maximum absolute atomic E-state index is 12.6. The summed E-state index contributed by atoms with van der Waals surface area (Å²) in [7, 11) is 1.59. The van der Waals surface area contributed by atoms with E-state index in [-0.39, 0.29) is 5.91 Å². The van der Waals surface area contributed by atoms with Gasteiger partial charge < -0.3 is 14.7 Å². The molecule has 26 heavy (non-hydrogen) atoms. The van der Waals surface area contributed by atoms with Gasteiger partial charge in [0, 0.05) is 11.3 Å². The predicted molar refractivity (Wildman–Crippen MR) is 103 cm³/mol. The SMILES string of the molecule is C=C=C(c1ccccc1)[C@H](O)[C@@H]1[C@H](C=C)C(=O)N1c1ccc(OC)cc1. The van der Waals surface area contributed by atoms with Crippen molar-refractivity contribution >= 4 is 17.2 Å². The zero-order chi connectivity index (χ0) is 18.7. The molecule has 0 radical (unpaired) electrons. The molecule has 0 saturated carbocycles. The van der Waals surface area contributed by atoms with Crippen molar-refractivity contribution in [3.8, 4) is 5.75 Å². The molecule has 1 aliphatic rings. The molecule has 4 nitrogen and oxygen atoms in total. The highest BCUT2D eigenvalue weighted by Crippen LogP contribution is 2.39. The highest BCUT2D eigenvalue weighted by atomic mass is 16.5. The third-order valence-corrected chi connectivity index (χ3v) is 4.69. The van der Waals surface area contributed by atoms with Crippen LogP contribution < -0.4 is 9.64 Å². The van der Waals surface area contributed by atoms with E-state index in [2.05, 4.69) is 18.9 Å². The fourth-order valence-electron chi connectivity index (χ4n) is 3.32. The Morgan fingerprint density at radius 1 is 1.23 bits per heavy atom. The summed E-state index contributed by atoms with van der Waals surface area (Å²) in [5, 5.41) is 11.0. The van der Waals surface area contributed by atoms with Crippen LogP contribution in [0, 0.1) is 5.92 Å². The van der Waals surface area contributed by atoms with Crippen molar-refractivity contribution in [3.05, 3.63) is 85.1 Å². The Bertz CT molecular complexity index is 851. The standard InChI is InChI=1S/C22H21NO3/c1-4-18(15-9-7-6-8-10-15)21(24)20-19(5-2)22(25)23(20)16-11-13-17(26-3)14-12-16/h5-14,19-21,24H,1-2H2,3H3/t19-,20-,21-/m0/s1. The minimum Gasteiger partial charge on any atom is -0.497 e. The van der Waals surface area contributed by atoms with Gasteiger partial charge in [-0.1, -0.05) is 43.0 Å². The second-order valence-electron chi connectivity index (χ2n) is 6.06. The molecule has 0 bridgehead atoms. The van der Waals surface area contributed by atoms with Gasteiger partial charge in [-0.15, -0.1) is 12.3 Å². The number of anilines is 1. The first-order valence-corrected chi connectivity index (χ1v) is 8.35. The van der Waals surface area contributed by atoms with E-state index >= 15 is 0 Å². The monoisotopic (exact) mass is 347 g/mol. The number of β-lactam (4-membered cyclic amide) rings is 1. The van der Waals surface area contributed by atoms with E-state index in [1.54, 1.807) is 42.4 Å². The molecule has 1 N–H and O–H groups in total. The summed E-state index contributed by atoms with van der Waals surface area (Å²) >= 11 is 0. The lowest BCUT2D eigenvalue weighted by Gasteiger charge is -2.48. The number of aliphatic hydroxyl groups is 1. The zero-order valence-corrected chi connectivity index (χ0v) is 14.6. The fourth-order valence-corrected chi connectivity index (χ4v) is 3.32. The molecule has 1 heterocycles. The molecule has 4 heteroatoms. The van der Waals surface area contributed by atoms with Gasteiger partial charge in [0.2, 0.25) is 5.91 Å². The first kappa shape index (κ1) is 17.7. The maximum Gasteiger partial charge on any atom is 0.236 e. The number of hydrogen-bond donors (Lipinski definition) is 1. The maximum atomic E-state index is 12.6. The summed E-state index contributed by atoms with van der Waals surface area (Å²) in [6.45, 7) is 7.48. The molecule has 1 fully saturated rings. The molecular weight excluding hydrogens is 326 g/mol. The summed E-state index contributed by atoms with van der Waals surface area (Å²) in [6, 6.07) is 16.2. The third kappa shape index (κ3) is 2.97. The van der Waals surface area contributed by atoms with Crippen molar-refractivity contribution < 1.29 is 14.6 Å². The van der Waals surface area contributed by atoms with Gasteiger partial charge in [-0.3, -0.25) is 4.79 Å². The van der Waals surface area contributed by atoms with Crippen LogP contribution in [0.3, 0.4) is 0 Å². The van der Waals surface area contributed by atoms with E-state index in [1.807, 2.05) is 30.3 Å². The number of hydrogen-bond acceptors (Lipinski definition) is 3. The molecule has 0 aromatic heterocycles. The first-order chi connectivity index (χ1) is 12.6. The number of nitrogens with zero attached hydrogens (tertiary/aromatic N) is 1. The number of benzene rings is 2. The minimum absolute atomic E-state index is 0.0920. The first-order valence-electron chi connectivity index (χ1n) is 8.35. The number of aliphatic hydroxyl groups excluding tert-OH is 1. The number of methoxy groups -OCH3 is 1. The number of amides is 1. The lowest BCUT2D eigenvalue weighted by Crippen LogP contribution is -2.65. The molecule has 1 saturated heterocycles. The van der Waals surface area contributed by atoms with Crippen LogP contribution in [0.5, 0.6) is 5.75 Å². The van der Waals surface area contributed by atoms with Crippen molar-refractivity contribution in [1.29, 1.82) is 0 Å². The van der Waals surface area contributed by atoms with Crippen molar-refractivity contribution in [2.24, 2.45) is 5.92 Å². The largest absolute Gasteiger partial charge is 0.497 e. The van der Waals surface area contributed by atoms with Gasteiger partial charge in [-0.05, 0) is 29.8 Å². The van der Waals surface area contributed by atoms with Gasteiger partial charge in [-0.2, -0.15) is 0 Å². The molecule has 0 aliphatic carbocycles. The summed E-state index contributed by atoms with van der Waals surface area (Å²) in [5.41, 5.74) is 4.93. The van der Waals surface area contributed by atoms with E-state index in [9.17, 15) is 9.90 Å². The Balaban J connectivity index is 1.95. The average Bonchev–Trinajstić information content (AvgIpc) is 2.68. The van der Waals surface area contributed by atoms with Crippen LogP contribution in [-0.2, 0) is 4.79 Å². The second-order valence-corrected chi connectivity index (χ2v) is 6.06. The van der Waals surface area contributed by atoms with Crippen LogP contribution in [0.15, 0.2) is 79.6 Å². The quantitative estimate of drug-likeness (QED) is 0.495. The van der Waals surface area contributed by atoms with Gasteiger partial charge in [0.1, 0.15) is 11.9 Å². The van der Waals surface area contributed by atoms with Crippen molar-refractivity contribution in [2.45, 2.75) is 12.1 Å². The summed E-state index contributed by atoms with van der Waals surface area (Å²) < 4.78 is 5.17. The Kier molecular flexibility index (Phi) is 5.08. The van der Waals surface area contributed by atoms with Crippen molar-refractivity contribution in [1.82, 2.24) is 0 Å². The van der Waals surface area contributed by atoms with Crippen LogP contribution in [0.1, 0.15) is 5.56 Å². The molecule has 0 unspecified atom stereocenters. The molecule has 2 aromatic rings. The minimum atomic E-state index is -0.933. The van der Waals surface area contributed by atoms with Crippen LogP contribution >= 0.6 is 0 Å². The summed E-state index contributed by atoms with van der Waals surface area (Å²) in [5.74, 6) is 0.153. The molecule has 1 amide bonds. The van der Waals surface area contributed by atoms with Crippen molar-refractivity contribution in [3.63, 3.8) is 0 Å². The van der Waals surface area contributed by atoms with Gasteiger partial charge in [0.25, 0.3) is 0 Å². The molecule has 0 spiro atoms. The van der Waals surface area contributed by atoms with Crippen LogP contribution in [0.2, 0.25) is 0 Å². The Morgan fingerprint density at radius 3 is 2.42 bits per heavy atom. The number of carbonyl (C=O) groups is 1. The Hall–Kier alpha value is -3.07. The van der Waals surface area contributed by atoms with Crippen LogP contribution in [-0.4, -0.2) is 30.3 Å². The van der Waals surface area contributed by atoms with Gasteiger partial charge in [0.15, 0.2) is 0 Å². The fraction of sp³-hybridized carbons (Fsp3) is 0.182. The summed E-state index contributed by atoms with van der Waals surface area (Å²) in [4.78, 5) is 14.2. The van der Waals surface area contributed by atoms with Crippen LogP contribution in [0.4, 0.5) is 5.69 Å². The summed E-state index contributed by atoms with van der Waals surface area (Å²) in [6.07, 6.45) is 0.653. The Morgan fingerprint density at radius 2 is 1.88 bits per heavy atom. The van der Waals surface area contributed by atoms with E-state index < -0.39 is 18.1 Å². The predicted octanol–water partition coefficient (Wildman–Crippen LogP) is 3.44. The number of ether oxygens (including phenoxy) is 1. The second kappa shape index (κ2) is 7.44. The molecular formula is C22H21NO3. The zero-order valence-electron chi connectivity index (χ0n) is 14.6. The smallest absolute Gasteiger partial charge is 0.236 e. The topological polar surface area (TPSA) is 49.8 Å². The van der Waals surface area contributed by atoms with E-state index in [0.717, 1.165) is 5.56 Å². The van der Waals surface area contributed by atoms with Crippen molar-refractivity contribution in [2.75, 3.05) is 12.0 Å². The van der Waals surface area contributed by atoms with Gasteiger partial charge >= 0.3 is 0 Å². The third-order valence-electron chi connectivity index (χ3n) is 4.69. The lowest BCUT2D eigenvalue weighted by molar-refractivity contribution is -0.129. The molecule has 132 valence electrons. The van der Waals surface area contributed by atoms with E-state index in [0.29, 0.717) is 17.0 Å². The number of carbonyl (C=O) groups excluding carboxylic acids is 1. The Labute approximate surface area is 153 Å². The van der Waals surface area contributed by atoms with E-state index in [4.69, 9.17) is 4.74 Å². The molecule has 1 aliphatic heterocycles. The highest BCUT2D eigenvalue weighted by Gasteiger charge is 2.50.